The Hall–Kier alpha value is -1.44. The number of aliphatic hydroxyl groups excluding tert-OH is 1. The van der Waals surface area contributed by atoms with Gasteiger partial charge in [-0.05, 0) is 98.9 Å². The van der Waals surface area contributed by atoms with E-state index in [0.29, 0.717) is 15.8 Å². The highest BCUT2D eigenvalue weighted by Crippen LogP contribution is 2.37. The van der Waals surface area contributed by atoms with E-state index in [1.54, 1.807) is 35.6 Å². The Balaban J connectivity index is 1.65. The lowest BCUT2D eigenvalue weighted by atomic mass is 9.79. The van der Waals surface area contributed by atoms with Gasteiger partial charge in [0.2, 0.25) is 10.0 Å². The quantitative estimate of drug-likeness (QED) is 0.427. The summed E-state index contributed by atoms with van der Waals surface area (Å²) < 4.78 is 27.7. The van der Waals surface area contributed by atoms with Crippen molar-refractivity contribution in [3.63, 3.8) is 0 Å². The van der Waals surface area contributed by atoms with Crippen LogP contribution >= 0.6 is 11.6 Å². The first kappa shape index (κ1) is 26.2. The first-order chi connectivity index (χ1) is 15.9. The summed E-state index contributed by atoms with van der Waals surface area (Å²) in [5, 5.41) is 12.8. The van der Waals surface area contributed by atoms with E-state index in [1.807, 2.05) is 7.05 Å². The minimum Gasteiger partial charge on any atom is -0.396 e. The molecule has 1 aliphatic carbocycles. The van der Waals surface area contributed by atoms with Crippen LogP contribution in [0.15, 0.2) is 47.4 Å². The van der Waals surface area contributed by atoms with Crippen molar-refractivity contribution in [1.82, 2.24) is 9.62 Å². The molecule has 1 aliphatic rings. The third-order valence-electron chi connectivity index (χ3n) is 6.84. The van der Waals surface area contributed by atoms with Crippen LogP contribution in [-0.2, 0) is 23.0 Å². The van der Waals surface area contributed by atoms with E-state index in [4.69, 9.17) is 16.7 Å². The van der Waals surface area contributed by atoms with Gasteiger partial charge < -0.3 is 10.4 Å². The Morgan fingerprint density at radius 1 is 1.03 bits per heavy atom. The average Bonchev–Trinajstić information content (AvgIpc) is 2.82. The molecule has 5 nitrogen and oxygen atoms in total. The molecule has 0 aliphatic heterocycles. The van der Waals surface area contributed by atoms with Crippen molar-refractivity contribution in [2.45, 2.75) is 74.8 Å². The molecular formula is C26H37ClN2O3S. The van der Waals surface area contributed by atoms with Crippen LogP contribution in [0.25, 0.3) is 0 Å². The molecule has 0 radical (unpaired) electrons. The van der Waals surface area contributed by atoms with Crippen molar-refractivity contribution >= 4 is 21.6 Å². The van der Waals surface area contributed by atoms with Gasteiger partial charge in [0.15, 0.2) is 0 Å². The van der Waals surface area contributed by atoms with Gasteiger partial charge in [0.25, 0.3) is 0 Å². The Morgan fingerprint density at radius 3 is 2.36 bits per heavy atom. The maximum Gasteiger partial charge on any atom is 0.243 e. The second kappa shape index (κ2) is 12.3. The summed E-state index contributed by atoms with van der Waals surface area (Å²) in [7, 11) is 0.155. The number of unbranched alkanes of at least 4 members (excludes halogenated alkanes) is 2. The van der Waals surface area contributed by atoms with Gasteiger partial charge >= 0.3 is 0 Å². The van der Waals surface area contributed by atoms with Crippen LogP contribution in [0.4, 0.5) is 0 Å². The molecule has 1 saturated carbocycles. The van der Waals surface area contributed by atoms with Crippen LogP contribution in [0, 0.1) is 0 Å². The van der Waals surface area contributed by atoms with Crippen molar-refractivity contribution < 1.29 is 13.5 Å². The van der Waals surface area contributed by atoms with Crippen LogP contribution < -0.4 is 5.32 Å². The fourth-order valence-corrected chi connectivity index (χ4v) is 6.44. The third-order valence-corrected chi connectivity index (χ3v) is 9.02. The molecule has 0 atom stereocenters. The molecule has 1 fully saturated rings. The van der Waals surface area contributed by atoms with E-state index in [-0.39, 0.29) is 12.6 Å². The summed E-state index contributed by atoms with van der Waals surface area (Å²) in [5.41, 5.74) is 4.09. The Labute approximate surface area is 204 Å². The predicted molar refractivity (Wildman–Crippen MR) is 135 cm³/mol. The molecule has 33 heavy (non-hydrogen) atoms. The second-order valence-corrected chi connectivity index (χ2v) is 11.5. The maximum absolute atomic E-state index is 13.1. The van der Waals surface area contributed by atoms with Crippen LogP contribution in [0.3, 0.4) is 0 Å². The van der Waals surface area contributed by atoms with Crippen LogP contribution in [-0.4, -0.2) is 44.6 Å². The first-order valence-electron chi connectivity index (χ1n) is 12.0. The smallest absolute Gasteiger partial charge is 0.243 e. The highest BCUT2D eigenvalue weighted by atomic mass is 35.5. The average molecular weight is 493 g/mol. The second-order valence-electron chi connectivity index (χ2n) is 9.08. The van der Waals surface area contributed by atoms with E-state index in [9.17, 15) is 8.42 Å². The summed E-state index contributed by atoms with van der Waals surface area (Å²) in [6.45, 7) is 1.10. The SMILES string of the molecule is CNCc1cc(CCCCCO)ccc1[C@H]1CC[C@H](N(C)S(=O)(=O)c2ccc(Cl)cc2)CC1. The molecule has 0 unspecified atom stereocenters. The van der Waals surface area contributed by atoms with Gasteiger partial charge in [-0.3, -0.25) is 0 Å². The third kappa shape index (κ3) is 6.80. The number of aliphatic hydroxyl groups is 1. The van der Waals surface area contributed by atoms with Gasteiger partial charge in [0.05, 0.1) is 4.90 Å². The standard InChI is InChI=1S/C26H37ClN2O3S/c1-28-19-22-18-20(6-4-3-5-17-30)7-16-26(22)21-8-12-24(13-9-21)29(2)33(31,32)25-14-10-23(27)11-15-25/h7,10-11,14-16,18,21,24,28,30H,3-6,8-9,12-13,17,19H2,1-2H3/t21-,24-. The van der Waals surface area contributed by atoms with Crippen LogP contribution in [0.5, 0.6) is 0 Å². The van der Waals surface area contributed by atoms with Crippen LogP contribution in [0.2, 0.25) is 5.02 Å². The number of halogens is 1. The number of hydrogen-bond acceptors (Lipinski definition) is 4. The number of nitrogens with zero attached hydrogens (tertiary/aromatic N) is 1. The number of nitrogens with one attached hydrogen (secondary N) is 1. The summed E-state index contributed by atoms with van der Waals surface area (Å²) in [6.07, 6.45) is 7.74. The largest absolute Gasteiger partial charge is 0.396 e. The highest BCUT2D eigenvalue weighted by molar-refractivity contribution is 7.89. The molecule has 7 heteroatoms. The van der Waals surface area contributed by atoms with Gasteiger partial charge in [-0.25, -0.2) is 8.42 Å². The molecule has 182 valence electrons. The fraction of sp³-hybridized carbons (Fsp3) is 0.538. The minimum absolute atomic E-state index is 0.0143. The molecule has 2 N–H and O–H groups in total. The van der Waals surface area contributed by atoms with E-state index in [1.165, 1.54) is 16.7 Å². The monoisotopic (exact) mass is 492 g/mol. The number of sulfonamides is 1. The maximum atomic E-state index is 13.1. The van der Waals surface area contributed by atoms with Crippen molar-refractivity contribution in [1.29, 1.82) is 0 Å². The van der Waals surface area contributed by atoms with E-state index >= 15 is 0 Å². The van der Waals surface area contributed by atoms with Gasteiger partial charge in [-0.15, -0.1) is 0 Å². The lowest BCUT2D eigenvalue weighted by molar-refractivity contribution is 0.267. The predicted octanol–water partition coefficient (Wildman–Crippen LogP) is 5.11. The van der Waals surface area contributed by atoms with E-state index < -0.39 is 10.0 Å². The molecule has 2 aromatic rings. The molecule has 0 aromatic heterocycles. The molecule has 0 bridgehead atoms. The summed E-state index contributed by atoms with van der Waals surface area (Å²) in [4.78, 5) is 0.294. The van der Waals surface area contributed by atoms with E-state index in [2.05, 4.69) is 23.5 Å². The fourth-order valence-electron chi connectivity index (χ4n) is 4.89. The lowest BCUT2D eigenvalue weighted by Crippen LogP contribution is -2.39. The number of aryl methyl sites for hydroxylation is 1. The van der Waals surface area contributed by atoms with Crippen molar-refractivity contribution in [2.24, 2.45) is 0 Å². The van der Waals surface area contributed by atoms with Crippen molar-refractivity contribution in [3.05, 3.63) is 64.2 Å². The Kier molecular flexibility index (Phi) is 9.77. The molecular weight excluding hydrogens is 456 g/mol. The molecule has 0 spiro atoms. The molecule has 0 amide bonds. The zero-order valence-electron chi connectivity index (χ0n) is 19.8. The highest BCUT2D eigenvalue weighted by Gasteiger charge is 2.32. The van der Waals surface area contributed by atoms with Crippen molar-refractivity contribution in [2.75, 3.05) is 20.7 Å². The Morgan fingerprint density at radius 2 is 1.73 bits per heavy atom. The van der Waals surface area contributed by atoms with Gasteiger partial charge in [0, 0.05) is 31.3 Å². The molecule has 2 aromatic carbocycles. The van der Waals surface area contributed by atoms with Gasteiger partial charge in [-0.2, -0.15) is 4.31 Å². The van der Waals surface area contributed by atoms with Crippen molar-refractivity contribution in [3.8, 4) is 0 Å². The molecule has 0 saturated heterocycles. The molecule has 3 rings (SSSR count). The van der Waals surface area contributed by atoms with Crippen LogP contribution in [0.1, 0.15) is 67.6 Å². The summed E-state index contributed by atoms with van der Waals surface area (Å²) in [6, 6.07) is 13.3. The zero-order valence-corrected chi connectivity index (χ0v) is 21.3. The number of benzene rings is 2. The zero-order chi connectivity index (χ0) is 23.8. The minimum atomic E-state index is -3.52. The topological polar surface area (TPSA) is 69.6 Å². The van der Waals surface area contributed by atoms with Gasteiger partial charge in [0.1, 0.15) is 0 Å². The first-order valence-corrected chi connectivity index (χ1v) is 13.8. The van der Waals surface area contributed by atoms with Gasteiger partial charge in [-0.1, -0.05) is 36.2 Å². The normalized spacial score (nSPS) is 19.2. The van der Waals surface area contributed by atoms with E-state index in [0.717, 1.165) is 57.9 Å². The molecule has 0 heterocycles. The Bertz CT molecular complexity index is 987. The number of hydrogen-bond donors (Lipinski definition) is 2. The lowest BCUT2D eigenvalue weighted by Gasteiger charge is -2.35. The summed E-state index contributed by atoms with van der Waals surface area (Å²) in [5.74, 6) is 0.458. The number of rotatable bonds is 11. The summed E-state index contributed by atoms with van der Waals surface area (Å²) >= 11 is 5.92.